The van der Waals surface area contributed by atoms with E-state index in [2.05, 4.69) is 32.2 Å². The van der Waals surface area contributed by atoms with Crippen molar-refractivity contribution in [1.29, 1.82) is 0 Å². The molecule has 3 aromatic rings. The molecule has 0 aliphatic carbocycles. The number of para-hydroxylation sites is 1. The number of fused-ring (bicyclic) bond motifs is 5. The maximum Gasteiger partial charge on any atom is 0.257 e. The molecule has 0 saturated carbocycles. The number of aliphatic hydroxyl groups excluding tert-OH is 1. The SMILES string of the molecule is CC[C@]1(O)c2cc3n(c(=O)c2COC1O)Cc1c-3nc2ccccc2c1CC[Si](C)(C)CC. The van der Waals surface area contributed by atoms with Gasteiger partial charge >= 0.3 is 0 Å². The van der Waals surface area contributed by atoms with Crippen molar-refractivity contribution in [2.75, 3.05) is 0 Å². The quantitative estimate of drug-likeness (QED) is 0.434. The summed E-state index contributed by atoms with van der Waals surface area (Å²) in [6, 6.07) is 12.5. The summed E-state index contributed by atoms with van der Waals surface area (Å²) in [4.78, 5) is 18.5. The van der Waals surface area contributed by atoms with E-state index in [-0.39, 0.29) is 18.6 Å². The number of hydrogen-bond acceptors (Lipinski definition) is 5. The van der Waals surface area contributed by atoms with Gasteiger partial charge in [-0.2, -0.15) is 0 Å². The average molecular weight is 465 g/mol. The predicted octanol–water partition coefficient (Wildman–Crippen LogP) is 4.14. The number of benzene rings is 1. The Balaban J connectivity index is 1.73. The maximum absolute atomic E-state index is 13.5. The number of pyridine rings is 2. The average Bonchev–Trinajstić information content (AvgIpc) is 3.18. The Hall–Kier alpha value is -2.32. The van der Waals surface area contributed by atoms with Crippen LogP contribution in [0.15, 0.2) is 35.1 Å². The Kier molecular flexibility index (Phi) is 5.36. The predicted molar refractivity (Wildman–Crippen MR) is 132 cm³/mol. The van der Waals surface area contributed by atoms with Crippen molar-refractivity contribution in [3.8, 4) is 11.4 Å². The van der Waals surface area contributed by atoms with Gasteiger partial charge in [-0.05, 0) is 30.5 Å². The molecule has 7 heteroatoms. The number of hydrogen-bond donors (Lipinski definition) is 2. The normalized spacial score (nSPS) is 21.7. The van der Waals surface area contributed by atoms with Gasteiger partial charge < -0.3 is 19.5 Å². The molecule has 174 valence electrons. The highest BCUT2D eigenvalue weighted by molar-refractivity contribution is 6.77. The summed E-state index contributed by atoms with van der Waals surface area (Å²) in [6.07, 6.45) is -0.147. The molecule has 33 heavy (non-hydrogen) atoms. The number of aromatic nitrogens is 2. The molecule has 1 aromatic carbocycles. The summed E-state index contributed by atoms with van der Waals surface area (Å²) in [5.74, 6) is 0. The van der Waals surface area contributed by atoms with E-state index in [0.717, 1.165) is 28.6 Å². The zero-order valence-corrected chi connectivity index (χ0v) is 20.8. The Morgan fingerprint density at radius 1 is 1.24 bits per heavy atom. The van der Waals surface area contributed by atoms with E-state index in [9.17, 15) is 15.0 Å². The molecular weight excluding hydrogens is 432 g/mol. The molecule has 2 aliphatic rings. The molecule has 0 bridgehead atoms. The lowest BCUT2D eigenvalue weighted by molar-refractivity contribution is -0.236. The molecule has 5 rings (SSSR count). The van der Waals surface area contributed by atoms with Crippen LogP contribution in [0.2, 0.25) is 25.2 Å². The van der Waals surface area contributed by atoms with E-state index < -0.39 is 20.0 Å². The van der Waals surface area contributed by atoms with Crippen LogP contribution in [0.3, 0.4) is 0 Å². The van der Waals surface area contributed by atoms with Gasteiger partial charge in [0, 0.05) is 30.2 Å². The summed E-state index contributed by atoms with van der Waals surface area (Å²) < 4.78 is 7.15. The van der Waals surface area contributed by atoms with Gasteiger partial charge in [0.1, 0.15) is 5.60 Å². The lowest BCUT2D eigenvalue weighted by atomic mass is 9.85. The van der Waals surface area contributed by atoms with Crippen LogP contribution in [0.4, 0.5) is 0 Å². The zero-order valence-electron chi connectivity index (χ0n) is 19.8. The van der Waals surface area contributed by atoms with E-state index in [4.69, 9.17) is 9.72 Å². The number of ether oxygens (including phenoxy) is 1. The van der Waals surface area contributed by atoms with Crippen LogP contribution < -0.4 is 5.56 Å². The summed E-state index contributed by atoms with van der Waals surface area (Å²) in [5, 5.41) is 22.7. The highest BCUT2D eigenvalue weighted by Gasteiger charge is 2.44. The highest BCUT2D eigenvalue weighted by atomic mass is 28.3. The molecule has 1 unspecified atom stereocenters. The first kappa shape index (κ1) is 22.5. The van der Waals surface area contributed by atoms with E-state index in [1.807, 2.05) is 18.2 Å². The maximum atomic E-state index is 13.5. The summed E-state index contributed by atoms with van der Waals surface area (Å²) in [7, 11) is -1.29. The highest BCUT2D eigenvalue weighted by Crippen LogP contribution is 2.41. The number of aliphatic hydroxyl groups is 2. The monoisotopic (exact) mass is 464 g/mol. The number of aryl methyl sites for hydroxylation is 1. The molecule has 2 N–H and O–H groups in total. The van der Waals surface area contributed by atoms with Gasteiger partial charge in [-0.25, -0.2) is 4.98 Å². The van der Waals surface area contributed by atoms with Gasteiger partial charge in [0.15, 0.2) is 6.29 Å². The summed E-state index contributed by atoms with van der Waals surface area (Å²) in [5.41, 5.74) is 3.96. The van der Waals surface area contributed by atoms with Crippen molar-refractivity contribution >= 4 is 19.0 Å². The lowest BCUT2D eigenvalue weighted by Gasteiger charge is -2.37. The first-order chi connectivity index (χ1) is 15.7. The summed E-state index contributed by atoms with van der Waals surface area (Å²) in [6.45, 7) is 9.40. The molecular formula is C26H32N2O4Si. The third-order valence-corrected chi connectivity index (χ3v) is 11.4. The van der Waals surface area contributed by atoms with Gasteiger partial charge in [0.2, 0.25) is 0 Å². The molecule has 6 nitrogen and oxygen atoms in total. The van der Waals surface area contributed by atoms with Crippen LogP contribution in [0.25, 0.3) is 22.3 Å². The second-order valence-electron chi connectivity index (χ2n) is 10.2. The molecule has 0 spiro atoms. The molecule has 2 atom stereocenters. The fourth-order valence-corrected chi connectivity index (χ4v) is 6.43. The Labute approximate surface area is 194 Å². The second kappa shape index (κ2) is 7.87. The van der Waals surface area contributed by atoms with Gasteiger partial charge in [-0.3, -0.25) is 4.79 Å². The Bertz CT molecular complexity index is 1320. The Morgan fingerprint density at radius 3 is 2.73 bits per heavy atom. The fraction of sp³-hybridized carbons (Fsp3) is 0.462. The molecule has 0 saturated heterocycles. The minimum Gasteiger partial charge on any atom is -0.380 e. The molecule has 2 aliphatic heterocycles. The minimum absolute atomic E-state index is 0.00712. The number of rotatable bonds is 5. The molecule has 0 radical (unpaired) electrons. The third kappa shape index (κ3) is 3.41. The molecule has 0 amide bonds. The second-order valence-corrected chi connectivity index (χ2v) is 15.7. The van der Waals surface area contributed by atoms with E-state index >= 15 is 0 Å². The first-order valence-electron chi connectivity index (χ1n) is 11.9. The third-order valence-electron chi connectivity index (χ3n) is 7.88. The zero-order chi connectivity index (χ0) is 23.5. The summed E-state index contributed by atoms with van der Waals surface area (Å²) >= 11 is 0. The smallest absolute Gasteiger partial charge is 0.257 e. The van der Waals surface area contributed by atoms with Gasteiger partial charge in [0.05, 0.1) is 30.1 Å². The molecule has 2 aromatic heterocycles. The standard InChI is InChI=1S/C26H32N2O4Si/c1-5-26(31)20-13-22-23-18(14-28(22)24(29)19(20)15-32-25(26)30)16(11-12-33(3,4)6-2)17-9-7-8-10-21(17)27-23/h7-10,13,25,30-31H,5-6,11-12,14-15H2,1-4H3/t25?,26-/m0/s1. The van der Waals surface area contributed by atoms with Crippen LogP contribution in [-0.2, 0) is 29.9 Å². The largest absolute Gasteiger partial charge is 0.380 e. The first-order valence-corrected chi connectivity index (χ1v) is 15.3. The minimum atomic E-state index is -1.61. The van der Waals surface area contributed by atoms with Crippen molar-refractivity contribution in [1.82, 2.24) is 9.55 Å². The van der Waals surface area contributed by atoms with Crippen LogP contribution in [0, 0.1) is 0 Å². The molecule has 4 heterocycles. The van der Waals surface area contributed by atoms with Crippen molar-refractivity contribution in [3.05, 3.63) is 62.9 Å². The fourth-order valence-electron chi connectivity index (χ4n) is 5.15. The van der Waals surface area contributed by atoms with Crippen LogP contribution in [0.5, 0.6) is 0 Å². The lowest BCUT2D eigenvalue weighted by Crippen LogP contribution is -2.47. The van der Waals surface area contributed by atoms with Gasteiger partial charge in [0.25, 0.3) is 5.56 Å². The van der Waals surface area contributed by atoms with Crippen molar-refractivity contribution in [2.45, 2.75) is 76.9 Å². The van der Waals surface area contributed by atoms with Gasteiger partial charge in [-0.1, -0.05) is 57.2 Å². The van der Waals surface area contributed by atoms with Crippen molar-refractivity contribution in [3.63, 3.8) is 0 Å². The van der Waals surface area contributed by atoms with Crippen molar-refractivity contribution < 1.29 is 14.9 Å². The van der Waals surface area contributed by atoms with Crippen LogP contribution >= 0.6 is 0 Å². The van der Waals surface area contributed by atoms with Crippen LogP contribution in [0.1, 0.15) is 42.5 Å². The van der Waals surface area contributed by atoms with E-state index in [1.54, 1.807) is 11.5 Å². The van der Waals surface area contributed by atoms with Crippen LogP contribution in [-0.4, -0.2) is 34.1 Å². The molecule has 0 fully saturated rings. The van der Waals surface area contributed by atoms with E-state index in [1.165, 1.54) is 17.7 Å². The van der Waals surface area contributed by atoms with Crippen molar-refractivity contribution in [2.24, 2.45) is 0 Å². The Morgan fingerprint density at radius 2 is 2.00 bits per heavy atom. The topological polar surface area (TPSA) is 84.6 Å². The number of nitrogens with zero attached hydrogens (tertiary/aromatic N) is 2. The van der Waals surface area contributed by atoms with Gasteiger partial charge in [-0.15, -0.1) is 0 Å². The van der Waals surface area contributed by atoms with E-state index in [0.29, 0.717) is 23.4 Å².